The van der Waals surface area contributed by atoms with E-state index in [1.54, 1.807) is 0 Å². The van der Waals surface area contributed by atoms with Crippen molar-refractivity contribution in [2.24, 2.45) is 0 Å². The van der Waals surface area contributed by atoms with E-state index in [2.05, 4.69) is 16.7 Å². The van der Waals surface area contributed by atoms with Gasteiger partial charge in [-0.1, -0.05) is 43.5 Å². The van der Waals surface area contributed by atoms with Crippen LogP contribution in [0.5, 0.6) is 5.75 Å². The molecule has 0 aliphatic heterocycles. The molecular formula is C23H28N2O2. The highest BCUT2D eigenvalue weighted by molar-refractivity contribution is 5.76. The molecule has 0 radical (unpaired) electrons. The van der Waals surface area contributed by atoms with Crippen LogP contribution in [0, 0.1) is 6.92 Å². The molecular weight excluding hydrogens is 336 g/mol. The van der Waals surface area contributed by atoms with Gasteiger partial charge in [-0.2, -0.15) is 0 Å². The monoisotopic (exact) mass is 364 g/mol. The van der Waals surface area contributed by atoms with Crippen LogP contribution in [0.1, 0.15) is 49.4 Å². The predicted octanol–water partition coefficient (Wildman–Crippen LogP) is 4.83. The lowest BCUT2D eigenvalue weighted by molar-refractivity contribution is 0.0922. The topological polar surface area (TPSA) is 47.3 Å². The molecule has 0 amide bonds. The Balaban J connectivity index is 1.53. The van der Waals surface area contributed by atoms with E-state index < -0.39 is 6.10 Å². The minimum Gasteiger partial charge on any atom is -0.491 e. The van der Waals surface area contributed by atoms with Crippen LogP contribution in [0.15, 0.2) is 48.5 Å². The summed E-state index contributed by atoms with van der Waals surface area (Å²) in [7, 11) is 0. The number of aromatic nitrogens is 2. The fourth-order valence-electron chi connectivity index (χ4n) is 4.12. The van der Waals surface area contributed by atoms with E-state index >= 15 is 0 Å². The van der Waals surface area contributed by atoms with E-state index in [4.69, 9.17) is 9.72 Å². The molecule has 1 aromatic heterocycles. The minimum absolute atomic E-state index is 0.278. The van der Waals surface area contributed by atoms with Crippen LogP contribution in [-0.4, -0.2) is 27.4 Å². The normalized spacial score (nSPS) is 16.5. The second kappa shape index (κ2) is 8.13. The largest absolute Gasteiger partial charge is 0.491 e. The molecule has 0 spiro atoms. The maximum absolute atomic E-state index is 10.7. The summed E-state index contributed by atoms with van der Waals surface area (Å²) in [6, 6.07) is 16.2. The Morgan fingerprint density at radius 1 is 1.11 bits per heavy atom. The van der Waals surface area contributed by atoms with Crippen LogP contribution in [0.3, 0.4) is 0 Å². The van der Waals surface area contributed by atoms with Crippen molar-refractivity contribution in [3.05, 3.63) is 59.9 Å². The second-order valence-corrected chi connectivity index (χ2v) is 7.69. The number of aliphatic hydroxyl groups excluding tert-OH is 1. The maximum Gasteiger partial charge on any atom is 0.119 e. The van der Waals surface area contributed by atoms with Crippen molar-refractivity contribution < 1.29 is 9.84 Å². The van der Waals surface area contributed by atoms with Crippen molar-refractivity contribution in [2.75, 3.05) is 6.61 Å². The standard InChI is InChI=1S/C23H28N2O2/c1-17-8-7-11-20(14-17)27-16-19(26)15-25-22-13-6-5-12-21(22)24-23(25)18-9-3-2-4-10-18/h5-8,11-14,18-19,26H,2-4,9-10,15-16H2,1H3/t19-/m1/s1. The van der Waals surface area contributed by atoms with Crippen LogP contribution in [0.25, 0.3) is 11.0 Å². The Bertz CT molecular complexity index is 896. The van der Waals surface area contributed by atoms with E-state index in [1.807, 2.05) is 43.3 Å². The highest BCUT2D eigenvalue weighted by atomic mass is 16.5. The molecule has 4 nitrogen and oxygen atoms in total. The first-order chi connectivity index (χ1) is 13.2. The average Bonchev–Trinajstić information content (AvgIpc) is 3.06. The van der Waals surface area contributed by atoms with Crippen molar-refractivity contribution in [2.45, 2.75) is 57.6 Å². The summed E-state index contributed by atoms with van der Waals surface area (Å²) in [6.07, 6.45) is 5.67. The number of hydrogen-bond acceptors (Lipinski definition) is 3. The Kier molecular flexibility index (Phi) is 5.44. The summed E-state index contributed by atoms with van der Waals surface area (Å²) in [5, 5.41) is 10.7. The van der Waals surface area contributed by atoms with Crippen LogP contribution in [0.4, 0.5) is 0 Å². The summed E-state index contributed by atoms with van der Waals surface area (Å²) < 4.78 is 8.03. The number of nitrogens with zero attached hydrogens (tertiary/aromatic N) is 2. The zero-order valence-electron chi connectivity index (χ0n) is 16.0. The molecule has 4 heteroatoms. The van der Waals surface area contributed by atoms with Crippen molar-refractivity contribution in [1.82, 2.24) is 9.55 Å². The molecule has 2 aromatic carbocycles. The third kappa shape index (κ3) is 4.16. The lowest BCUT2D eigenvalue weighted by atomic mass is 9.88. The van der Waals surface area contributed by atoms with Crippen LogP contribution >= 0.6 is 0 Å². The molecule has 4 rings (SSSR count). The van der Waals surface area contributed by atoms with Gasteiger partial charge in [0.2, 0.25) is 0 Å². The molecule has 0 bridgehead atoms. The van der Waals surface area contributed by atoms with Crippen molar-refractivity contribution >= 4 is 11.0 Å². The molecule has 1 heterocycles. The lowest BCUT2D eigenvalue weighted by Gasteiger charge is -2.23. The number of benzene rings is 2. The van der Waals surface area contributed by atoms with E-state index in [9.17, 15) is 5.11 Å². The summed E-state index contributed by atoms with van der Waals surface area (Å²) in [5.41, 5.74) is 3.28. The quantitative estimate of drug-likeness (QED) is 0.681. The van der Waals surface area contributed by atoms with Crippen LogP contribution in [0.2, 0.25) is 0 Å². The van der Waals surface area contributed by atoms with Gasteiger partial charge in [0, 0.05) is 5.92 Å². The summed E-state index contributed by atoms with van der Waals surface area (Å²) >= 11 is 0. The summed E-state index contributed by atoms with van der Waals surface area (Å²) in [6.45, 7) is 2.83. The summed E-state index contributed by atoms with van der Waals surface area (Å²) in [5.74, 6) is 2.43. The highest BCUT2D eigenvalue weighted by Gasteiger charge is 2.23. The second-order valence-electron chi connectivity index (χ2n) is 7.69. The Morgan fingerprint density at radius 2 is 1.93 bits per heavy atom. The van der Waals surface area contributed by atoms with Gasteiger partial charge in [0.15, 0.2) is 0 Å². The number of imidazole rings is 1. The number of fused-ring (bicyclic) bond motifs is 1. The SMILES string of the molecule is Cc1cccc(OC[C@H](O)Cn2c(C3CCCCC3)nc3ccccc32)c1. The molecule has 1 atom stereocenters. The fraction of sp³-hybridized carbons (Fsp3) is 0.435. The van der Waals surface area contributed by atoms with Gasteiger partial charge in [-0.05, 0) is 49.6 Å². The highest BCUT2D eigenvalue weighted by Crippen LogP contribution is 2.34. The molecule has 142 valence electrons. The van der Waals surface area contributed by atoms with Crippen molar-refractivity contribution in [3.63, 3.8) is 0 Å². The van der Waals surface area contributed by atoms with E-state index in [0.717, 1.165) is 28.2 Å². The van der Waals surface area contributed by atoms with Crippen molar-refractivity contribution in [3.8, 4) is 5.75 Å². The number of hydrogen-bond donors (Lipinski definition) is 1. The number of rotatable bonds is 6. The van der Waals surface area contributed by atoms with Gasteiger partial charge in [-0.25, -0.2) is 4.98 Å². The third-order valence-electron chi connectivity index (χ3n) is 5.48. The van der Waals surface area contributed by atoms with Gasteiger partial charge in [0.05, 0.1) is 17.6 Å². The minimum atomic E-state index is -0.578. The summed E-state index contributed by atoms with van der Waals surface area (Å²) in [4.78, 5) is 4.93. The molecule has 1 aliphatic carbocycles. The zero-order chi connectivity index (χ0) is 18.6. The molecule has 3 aromatic rings. The molecule has 27 heavy (non-hydrogen) atoms. The van der Waals surface area contributed by atoms with E-state index in [-0.39, 0.29) is 6.61 Å². The lowest BCUT2D eigenvalue weighted by Crippen LogP contribution is -2.25. The molecule has 1 fully saturated rings. The molecule has 0 unspecified atom stereocenters. The van der Waals surface area contributed by atoms with E-state index in [0.29, 0.717) is 12.5 Å². The molecule has 1 N–H and O–H groups in total. The molecule has 1 aliphatic rings. The third-order valence-corrected chi connectivity index (χ3v) is 5.48. The van der Waals surface area contributed by atoms with Gasteiger partial charge in [0.25, 0.3) is 0 Å². The van der Waals surface area contributed by atoms with E-state index in [1.165, 1.54) is 32.1 Å². The predicted molar refractivity (Wildman–Crippen MR) is 108 cm³/mol. The number of para-hydroxylation sites is 2. The first-order valence-corrected chi connectivity index (χ1v) is 10.0. The molecule has 1 saturated carbocycles. The first-order valence-electron chi connectivity index (χ1n) is 10.0. The van der Waals surface area contributed by atoms with Gasteiger partial charge in [0.1, 0.15) is 24.3 Å². The maximum atomic E-state index is 10.7. The van der Waals surface area contributed by atoms with Crippen LogP contribution < -0.4 is 4.74 Å². The van der Waals surface area contributed by atoms with Gasteiger partial charge in [-0.15, -0.1) is 0 Å². The Labute approximate surface area is 160 Å². The first kappa shape index (κ1) is 18.1. The van der Waals surface area contributed by atoms with Crippen LogP contribution in [-0.2, 0) is 6.54 Å². The van der Waals surface area contributed by atoms with Gasteiger partial charge < -0.3 is 14.4 Å². The number of aliphatic hydroxyl groups is 1. The zero-order valence-corrected chi connectivity index (χ0v) is 16.0. The molecule has 0 saturated heterocycles. The van der Waals surface area contributed by atoms with Gasteiger partial charge in [-0.3, -0.25) is 0 Å². The number of aryl methyl sites for hydroxylation is 1. The van der Waals surface area contributed by atoms with Crippen molar-refractivity contribution in [1.29, 1.82) is 0 Å². The Morgan fingerprint density at radius 3 is 2.74 bits per heavy atom. The fourth-order valence-corrected chi connectivity index (χ4v) is 4.12. The number of ether oxygens (including phenoxy) is 1. The van der Waals surface area contributed by atoms with Gasteiger partial charge >= 0.3 is 0 Å². The Hall–Kier alpha value is -2.33. The average molecular weight is 364 g/mol. The smallest absolute Gasteiger partial charge is 0.119 e.